The Morgan fingerprint density at radius 3 is 2.17 bits per heavy atom. The second kappa shape index (κ2) is 7.65. The molecule has 0 saturated carbocycles. The van der Waals surface area contributed by atoms with Gasteiger partial charge in [-0.25, -0.2) is 0 Å². The fourth-order valence-electron chi connectivity index (χ4n) is 2.75. The third-order valence-electron chi connectivity index (χ3n) is 4.12. The standard InChI is InChI=1S/C23H22/c1-2-3-4-7-19-10-12-20(13-11-19)14-15-21-16-17-22-8-5-6-9-23(22)18-21/h5-6,8-13,16-18H,2-4,7H2,1H3. The van der Waals surface area contributed by atoms with Gasteiger partial charge in [-0.2, -0.15) is 0 Å². The fourth-order valence-corrected chi connectivity index (χ4v) is 2.75. The highest BCUT2D eigenvalue weighted by Gasteiger charge is 1.95. The van der Waals surface area contributed by atoms with E-state index in [2.05, 4.69) is 85.5 Å². The molecule has 0 fully saturated rings. The molecule has 0 spiro atoms. The van der Waals surface area contributed by atoms with Crippen LogP contribution < -0.4 is 0 Å². The minimum atomic E-state index is 1.07. The quantitative estimate of drug-likeness (QED) is 0.411. The van der Waals surface area contributed by atoms with E-state index in [9.17, 15) is 0 Å². The third kappa shape index (κ3) is 4.24. The van der Waals surface area contributed by atoms with E-state index in [4.69, 9.17) is 0 Å². The maximum atomic E-state index is 3.27. The van der Waals surface area contributed by atoms with Gasteiger partial charge in [0.25, 0.3) is 0 Å². The lowest BCUT2D eigenvalue weighted by Gasteiger charge is -2.00. The topological polar surface area (TPSA) is 0 Å². The van der Waals surface area contributed by atoms with Gasteiger partial charge in [-0.1, -0.05) is 74.1 Å². The Kier molecular flexibility index (Phi) is 5.12. The van der Waals surface area contributed by atoms with Crippen molar-refractivity contribution >= 4 is 10.8 Å². The normalized spacial score (nSPS) is 10.3. The Morgan fingerprint density at radius 2 is 1.39 bits per heavy atom. The molecule has 3 aromatic carbocycles. The summed E-state index contributed by atoms with van der Waals surface area (Å²) in [6.07, 6.45) is 5.03. The van der Waals surface area contributed by atoms with Gasteiger partial charge in [-0.15, -0.1) is 0 Å². The molecule has 0 aliphatic heterocycles. The minimum absolute atomic E-state index is 1.07. The van der Waals surface area contributed by atoms with Crippen molar-refractivity contribution in [2.24, 2.45) is 0 Å². The zero-order valence-corrected chi connectivity index (χ0v) is 13.7. The van der Waals surface area contributed by atoms with Crippen molar-refractivity contribution in [1.82, 2.24) is 0 Å². The van der Waals surface area contributed by atoms with Gasteiger partial charge in [0.15, 0.2) is 0 Å². The fraction of sp³-hybridized carbons (Fsp3) is 0.217. The second-order valence-corrected chi connectivity index (χ2v) is 5.97. The molecule has 0 heterocycles. The predicted octanol–water partition coefficient (Wildman–Crippen LogP) is 5.97. The Balaban J connectivity index is 1.72. The van der Waals surface area contributed by atoms with Crippen LogP contribution in [0.1, 0.15) is 42.9 Å². The first-order valence-corrected chi connectivity index (χ1v) is 8.45. The van der Waals surface area contributed by atoms with Gasteiger partial charge in [0.1, 0.15) is 0 Å². The van der Waals surface area contributed by atoms with Crippen LogP contribution in [0.5, 0.6) is 0 Å². The molecular formula is C23H22. The first-order chi connectivity index (χ1) is 11.3. The lowest BCUT2D eigenvalue weighted by atomic mass is 10.0. The average Bonchev–Trinajstić information content (AvgIpc) is 2.61. The van der Waals surface area contributed by atoms with Gasteiger partial charge in [0.05, 0.1) is 0 Å². The van der Waals surface area contributed by atoms with Crippen LogP contribution in [-0.2, 0) is 6.42 Å². The van der Waals surface area contributed by atoms with E-state index in [0.717, 1.165) is 11.1 Å². The molecule has 3 rings (SSSR count). The molecule has 0 saturated heterocycles. The minimum Gasteiger partial charge on any atom is -0.0654 e. The van der Waals surface area contributed by atoms with Crippen LogP contribution in [0.25, 0.3) is 10.8 Å². The first kappa shape index (κ1) is 15.4. The summed E-state index contributed by atoms with van der Waals surface area (Å²) in [5, 5.41) is 2.50. The van der Waals surface area contributed by atoms with Crippen LogP contribution >= 0.6 is 0 Å². The van der Waals surface area contributed by atoms with Gasteiger partial charge in [-0.05, 0) is 53.4 Å². The lowest BCUT2D eigenvalue weighted by Crippen LogP contribution is -1.85. The van der Waals surface area contributed by atoms with Gasteiger partial charge in [-0.3, -0.25) is 0 Å². The number of hydrogen-bond acceptors (Lipinski definition) is 0. The van der Waals surface area contributed by atoms with E-state index in [1.54, 1.807) is 0 Å². The molecule has 114 valence electrons. The van der Waals surface area contributed by atoms with E-state index in [1.165, 1.54) is 42.0 Å². The number of fused-ring (bicyclic) bond motifs is 1. The van der Waals surface area contributed by atoms with Crippen LogP contribution in [0, 0.1) is 11.8 Å². The van der Waals surface area contributed by atoms with Crippen molar-refractivity contribution in [3.63, 3.8) is 0 Å². The highest BCUT2D eigenvalue weighted by atomic mass is 14.0. The third-order valence-corrected chi connectivity index (χ3v) is 4.12. The molecule has 0 atom stereocenters. The zero-order chi connectivity index (χ0) is 15.9. The Labute approximate surface area is 139 Å². The summed E-state index contributed by atoms with van der Waals surface area (Å²) < 4.78 is 0. The number of unbranched alkanes of at least 4 members (excludes halogenated alkanes) is 2. The van der Waals surface area contributed by atoms with Crippen LogP contribution in [0.2, 0.25) is 0 Å². The van der Waals surface area contributed by atoms with Crippen molar-refractivity contribution in [2.75, 3.05) is 0 Å². The summed E-state index contributed by atoms with van der Waals surface area (Å²) in [6.45, 7) is 2.24. The molecule has 0 unspecified atom stereocenters. The van der Waals surface area contributed by atoms with E-state index in [1.807, 2.05) is 0 Å². The largest absolute Gasteiger partial charge is 0.0654 e. The molecule has 0 bridgehead atoms. The van der Waals surface area contributed by atoms with Gasteiger partial charge >= 0.3 is 0 Å². The van der Waals surface area contributed by atoms with Crippen molar-refractivity contribution in [3.05, 3.63) is 83.4 Å². The molecule has 0 aromatic heterocycles. The molecule has 23 heavy (non-hydrogen) atoms. The van der Waals surface area contributed by atoms with E-state index in [-0.39, 0.29) is 0 Å². The van der Waals surface area contributed by atoms with Crippen molar-refractivity contribution < 1.29 is 0 Å². The Bertz CT molecular complexity index is 829. The average molecular weight is 298 g/mol. The SMILES string of the molecule is CCCCCc1ccc(C#Cc2ccc3ccccc3c2)cc1. The van der Waals surface area contributed by atoms with Gasteiger partial charge < -0.3 is 0 Å². The summed E-state index contributed by atoms with van der Waals surface area (Å²) in [5.41, 5.74) is 3.56. The van der Waals surface area contributed by atoms with Crippen LogP contribution in [-0.4, -0.2) is 0 Å². The highest BCUT2D eigenvalue weighted by molar-refractivity contribution is 5.83. The van der Waals surface area contributed by atoms with Crippen LogP contribution in [0.4, 0.5) is 0 Å². The summed E-state index contributed by atoms with van der Waals surface area (Å²) >= 11 is 0. The van der Waals surface area contributed by atoms with E-state index < -0.39 is 0 Å². The molecule has 0 radical (unpaired) electrons. The van der Waals surface area contributed by atoms with Crippen molar-refractivity contribution in [2.45, 2.75) is 32.6 Å². The van der Waals surface area contributed by atoms with Gasteiger partial charge in [0, 0.05) is 11.1 Å². The Hall–Kier alpha value is -2.52. The molecule has 0 aliphatic rings. The zero-order valence-electron chi connectivity index (χ0n) is 13.7. The smallest absolute Gasteiger partial charge is 0.0255 e. The molecular weight excluding hydrogens is 276 g/mol. The maximum Gasteiger partial charge on any atom is 0.0255 e. The maximum absolute atomic E-state index is 3.27. The molecule has 0 amide bonds. The number of benzene rings is 3. The molecule has 3 aromatic rings. The van der Waals surface area contributed by atoms with E-state index in [0.29, 0.717) is 0 Å². The molecule has 0 nitrogen and oxygen atoms in total. The first-order valence-electron chi connectivity index (χ1n) is 8.45. The van der Waals surface area contributed by atoms with Crippen LogP contribution in [0.3, 0.4) is 0 Å². The molecule has 0 N–H and O–H groups in total. The van der Waals surface area contributed by atoms with Gasteiger partial charge in [0.2, 0.25) is 0 Å². The van der Waals surface area contributed by atoms with E-state index >= 15 is 0 Å². The Morgan fingerprint density at radius 1 is 0.696 bits per heavy atom. The lowest BCUT2D eigenvalue weighted by molar-refractivity contribution is 0.717. The second-order valence-electron chi connectivity index (χ2n) is 5.97. The molecule has 0 aliphatic carbocycles. The predicted molar refractivity (Wildman–Crippen MR) is 99.6 cm³/mol. The highest BCUT2D eigenvalue weighted by Crippen LogP contribution is 2.15. The monoisotopic (exact) mass is 298 g/mol. The number of hydrogen-bond donors (Lipinski definition) is 0. The number of rotatable bonds is 4. The summed E-state index contributed by atoms with van der Waals surface area (Å²) in [6, 6.07) is 23.5. The van der Waals surface area contributed by atoms with Crippen molar-refractivity contribution in [1.29, 1.82) is 0 Å². The summed E-state index contributed by atoms with van der Waals surface area (Å²) in [4.78, 5) is 0. The van der Waals surface area contributed by atoms with Crippen molar-refractivity contribution in [3.8, 4) is 11.8 Å². The summed E-state index contributed by atoms with van der Waals surface area (Å²) in [5.74, 6) is 6.54. The summed E-state index contributed by atoms with van der Waals surface area (Å²) in [7, 11) is 0. The number of aryl methyl sites for hydroxylation is 1. The van der Waals surface area contributed by atoms with Crippen LogP contribution in [0.15, 0.2) is 66.7 Å². The molecule has 0 heteroatoms.